The zero-order valence-electron chi connectivity index (χ0n) is 11.4. The molecular formula is C14H27N3O. The number of hydrogen-bond donors (Lipinski definition) is 1. The molecule has 0 bridgehead atoms. The lowest BCUT2D eigenvalue weighted by molar-refractivity contribution is 0.110. The minimum atomic E-state index is 0.244. The maximum Gasteiger partial charge on any atom is 0.0547 e. The summed E-state index contributed by atoms with van der Waals surface area (Å²) >= 11 is 0. The lowest BCUT2D eigenvalue weighted by Gasteiger charge is -2.34. The summed E-state index contributed by atoms with van der Waals surface area (Å²) < 4.78 is 5.59. The largest absolute Gasteiger partial charge is 0.381 e. The molecule has 0 aromatic heterocycles. The Bertz CT molecular complexity index is 278. The first-order valence-corrected chi connectivity index (χ1v) is 7.56. The van der Waals surface area contributed by atoms with Crippen LogP contribution in [0.15, 0.2) is 0 Å². The minimum Gasteiger partial charge on any atom is -0.381 e. The first-order chi connectivity index (χ1) is 8.81. The molecule has 0 saturated carbocycles. The lowest BCUT2D eigenvalue weighted by Crippen LogP contribution is -2.46. The minimum absolute atomic E-state index is 0.244. The second-order valence-electron chi connectivity index (χ2n) is 6.43. The van der Waals surface area contributed by atoms with E-state index in [9.17, 15) is 0 Å². The molecule has 18 heavy (non-hydrogen) atoms. The second kappa shape index (κ2) is 5.45. The highest BCUT2D eigenvalue weighted by atomic mass is 16.5. The van der Waals surface area contributed by atoms with Crippen molar-refractivity contribution in [1.82, 2.24) is 9.80 Å². The van der Waals surface area contributed by atoms with Gasteiger partial charge in [-0.1, -0.05) is 0 Å². The molecule has 0 aliphatic carbocycles. The zero-order valence-corrected chi connectivity index (χ0v) is 11.4. The summed E-state index contributed by atoms with van der Waals surface area (Å²) in [5, 5.41) is 0. The predicted molar refractivity (Wildman–Crippen MR) is 72.6 cm³/mol. The van der Waals surface area contributed by atoms with E-state index in [0.29, 0.717) is 0 Å². The first kappa shape index (κ1) is 12.9. The van der Waals surface area contributed by atoms with Crippen molar-refractivity contribution in [2.45, 2.75) is 31.7 Å². The summed E-state index contributed by atoms with van der Waals surface area (Å²) in [6.45, 7) is 8.81. The van der Waals surface area contributed by atoms with Crippen molar-refractivity contribution in [1.29, 1.82) is 0 Å². The predicted octanol–water partition coefficient (Wildman–Crippen LogP) is 0.522. The van der Waals surface area contributed by atoms with E-state index in [-0.39, 0.29) is 5.41 Å². The summed E-state index contributed by atoms with van der Waals surface area (Å²) in [6, 6.07) is 0.810. The van der Waals surface area contributed by atoms with E-state index in [0.717, 1.165) is 38.8 Å². The molecule has 2 atom stereocenters. The standard InChI is InChI=1S/C14H27N3O/c15-10-14(4-8-18-12-14)11-16-5-2-7-17-6-1-3-13(17)9-16/h13H,1-12,15H2. The molecule has 0 aromatic rings. The van der Waals surface area contributed by atoms with Gasteiger partial charge in [0.25, 0.3) is 0 Å². The average molecular weight is 253 g/mol. The fourth-order valence-corrected chi connectivity index (χ4v) is 3.90. The Morgan fingerprint density at radius 2 is 2.11 bits per heavy atom. The molecule has 0 spiro atoms. The molecule has 3 aliphatic heterocycles. The smallest absolute Gasteiger partial charge is 0.0547 e. The molecule has 3 saturated heterocycles. The van der Waals surface area contributed by atoms with E-state index in [4.69, 9.17) is 10.5 Å². The van der Waals surface area contributed by atoms with Gasteiger partial charge < -0.3 is 15.4 Å². The van der Waals surface area contributed by atoms with Gasteiger partial charge in [0.1, 0.15) is 0 Å². The normalized spacial score (nSPS) is 38.8. The molecule has 4 nitrogen and oxygen atoms in total. The SMILES string of the molecule is NCC1(CN2CCCN3CCCC3C2)CCOC1. The molecular weight excluding hydrogens is 226 g/mol. The van der Waals surface area contributed by atoms with Gasteiger partial charge >= 0.3 is 0 Å². The fourth-order valence-electron chi connectivity index (χ4n) is 3.90. The summed E-state index contributed by atoms with van der Waals surface area (Å²) in [5.74, 6) is 0. The van der Waals surface area contributed by atoms with Crippen molar-refractivity contribution in [3.63, 3.8) is 0 Å². The highest BCUT2D eigenvalue weighted by molar-refractivity contribution is 4.91. The van der Waals surface area contributed by atoms with Crippen LogP contribution < -0.4 is 5.73 Å². The summed E-state index contributed by atoms with van der Waals surface area (Å²) in [7, 11) is 0. The molecule has 0 aromatic carbocycles. The maximum absolute atomic E-state index is 6.01. The van der Waals surface area contributed by atoms with Gasteiger partial charge in [-0.2, -0.15) is 0 Å². The molecule has 4 heteroatoms. The third kappa shape index (κ3) is 2.57. The molecule has 2 N–H and O–H groups in total. The van der Waals surface area contributed by atoms with Crippen LogP contribution in [0.5, 0.6) is 0 Å². The molecule has 3 rings (SSSR count). The van der Waals surface area contributed by atoms with Gasteiger partial charge in [0, 0.05) is 37.7 Å². The molecule has 0 amide bonds. The number of rotatable bonds is 3. The van der Waals surface area contributed by atoms with Crippen LogP contribution in [-0.4, -0.2) is 68.3 Å². The van der Waals surface area contributed by atoms with Gasteiger partial charge in [-0.3, -0.25) is 4.90 Å². The van der Waals surface area contributed by atoms with Crippen molar-refractivity contribution in [3.05, 3.63) is 0 Å². The monoisotopic (exact) mass is 253 g/mol. The van der Waals surface area contributed by atoms with Crippen LogP contribution in [0.25, 0.3) is 0 Å². The lowest BCUT2D eigenvalue weighted by atomic mass is 9.86. The number of nitrogens with two attached hydrogens (primary N) is 1. The van der Waals surface area contributed by atoms with Crippen molar-refractivity contribution < 1.29 is 4.74 Å². The van der Waals surface area contributed by atoms with E-state index in [1.807, 2.05) is 0 Å². The van der Waals surface area contributed by atoms with Crippen molar-refractivity contribution in [3.8, 4) is 0 Å². The van der Waals surface area contributed by atoms with Gasteiger partial charge in [0.15, 0.2) is 0 Å². The number of fused-ring (bicyclic) bond motifs is 1. The fraction of sp³-hybridized carbons (Fsp3) is 1.00. The molecule has 3 aliphatic rings. The van der Waals surface area contributed by atoms with Crippen LogP contribution in [0, 0.1) is 5.41 Å². The van der Waals surface area contributed by atoms with E-state index < -0.39 is 0 Å². The highest BCUT2D eigenvalue weighted by Crippen LogP contribution is 2.30. The molecule has 3 heterocycles. The molecule has 0 radical (unpaired) electrons. The van der Waals surface area contributed by atoms with Crippen LogP contribution in [0.1, 0.15) is 25.7 Å². The molecule has 3 fully saturated rings. The third-order valence-electron chi connectivity index (χ3n) is 5.06. The Kier molecular flexibility index (Phi) is 3.89. The van der Waals surface area contributed by atoms with Crippen LogP contribution >= 0.6 is 0 Å². The van der Waals surface area contributed by atoms with Crippen LogP contribution in [0.4, 0.5) is 0 Å². The second-order valence-corrected chi connectivity index (χ2v) is 6.43. The van der Waals surface area contributed by atoms with Crippen molar-refractivity contribution in [2.24, 2.45) is 11.1 Å². The first-order valence-electron chi connectivity index (χ1n) is 7.56. The van der Waals surface area contributed by atoms with Gasteiger partial charge in [0.05, 0.1) is 6.61 Å². The van der Waals surface area contributed by atoms with Crippen LogP contribution in [0.2, 0.25) is 0 Å². The summed E-state index contributed by atoms with van der Waals surface area (Å²) in [4.78, 5) is 5.36. The van der Waals surface area contributed by atoms with E-state index in [2.05, 4.69) is 9.80 Å². The number of ether oxygens (including phenoxy) is 1. The average Bonchev–Trinajstić information content (AvgIpc) is 2.97. The van der Waals surface area contributed by atoms with Gasteiger partial charge in [-0.15, -0.1) is 0 Å². The van der Waals surface area contributed by atoms with Gasteiger partial charge in [-0.05, 0) is 45.3 Å². The third-order valence-corrected chi connectivity index (χ3v) is 5.06. The van der Waals surface area contributed by atoms with Gasteiger partial charge in [0.2, 0.25) is 0 Å². The zero-order chi connectivity index (χ0) is 12.4. The Morgan fingerprint density at radius 1 is 1.22 bits per heavy atom. The Morgan fingerprint density at radius 3 is 2.89 bits per heavy atom. The van der Waals surface area contributed by atoms with Gasteiger partial charge in [-0.25, -0.2) is 0 Å². The topological polar surface area (TPSA) is 41.7 Å². The van der Waals surface area contributed by atoms with E-state index >= 15 is 0 Å². The van der Waals surface area contributed by atoms with E-state index in [1.165, 1.54) is 45.4 Å². The Hall–Kier alpha value is -0.160. The van der Waals surface area contributed by atoms with Crippen molar-refractivity contribution in [2.75, 3.05) is 52.5 Å². The van der Waals surface area contributed by atoms with Crippen LogP contribution in [0.3, 0.4) is 0 Å². The maximum atomic E-state index is 6.01. The number of hydrogen-bond acceptors (Lipinski definition) is 4. The molecule has 2 unspecified atom stereocenters. The number of nitrogens with zero attached hydrogens (tertiary/aromatic N) is 2. The summed E-state index contributed by atoms with van der Waals surface area (Å²) in [6.07, 6.45) is 5.25. The Balaban J connectivity index is 1.61. The molecule has 104 valence electrons. The van der Waals surface area contributed by atoms with Crippen molar-refractivity contribution >= 4 is 0 Å². The van der Waals surface area contributed by atoms with E-state index in [1.54, 1.807) is 0 Å². The Labute approximate surface area is 110 Å². The van der Waals surface area contributed by atoms with Crippen LogP contribution in [-0.2, 0) is 4.74 Å². The highest BCUT2D eigenvalue weighted by Gasteiger charge is 2.37. The quantitative estimate of drug-likeness (QED) is 0.796. The summed E-state index contributed by atoms with van der Waals surface area (Å²) in [5.41, 5.74) is 6.26.